The van der Waals surface area contributed by atoms with Gasteiger partial charge in [-0.1, -0.05) is 26.7 Å². The summed E-state index contributed by atoms with van der Waals surface area (Å²) in [6.45, 7) is 17.0. The van der Waals surface area contributed by atoms with E-state index in [-0.39, 0.29) is 0 Å². The van der Waals surface area contributed by atoms with Crippen molar-refractivity contribution in [2.75, 3.05) is 59.2 Å². The van der Waals surface area contributed by atoms with Gasteiger partial charge in [-0.05, 0) is 44.4 Å². The van der Waals surface area contributed by atoms with E-state index < -0.39 is 0 Å². The molecule has 1 heterocycles. The van der Waals surface area contributed by atoms with Crippen LogP contribution in [0, 0.1) is 11.3 Å². The largest absolute Gasteiger partial charge is 0.382 e. The Kier molecular flexibility index (Phi) is 10.6. The molecular formula is C22H44N4O2. The van der Waals surface area contributed by atoms with Crippen LogP contribution in [0.3, 0.4) is 0 Å². The number of aliphatic imine (C=N–C) groups is 1. The van der Waals surface area contributed by atoms with E-state index in [1.807, 2.05) is 0 Å². The predicted octanol–water partition coefficient (Wildman–Crippen LogP) is 2.89. The van der Waals surface area contributed by atoms with Crippen molar-refractivity contribution in [2.45, 2.75) is 65.8 Å². The van der Waals surface area contributed by atoms with Crippen LogP contribution in [0.2, 0.25) is 0 Å². The summed E-state index contributed by atoms with van der Waals surface area (Å²) in [4.78, 5) is 7.58. The van der Waals surface area contributed by atoms with Gasteiger partial charge >= 0.3 is 0 Å². The zero-order valence-corrected chi connectivity index (χ0v) is 18.8. The highest BCUT2D eigenvalue weighted by Gasteiger charge is 2.33. The molecule has 1 aliphatic carbocycles. The normalized spacial score (nSPS) is 21.8. The minimum Gasteiger partial charge on any atom is -0.382 e. The second-order valence-electron chi connectivity index (χ2n) is 8.69. The van der Waals surface area contributed by atoms with Gasteiger partial charge in [-0.3, -0.25) is 9.89 Å². The number of morpholine rings is 1. The molecule has 0 radical (unpaired) electrons. The molecule has 0 spiro atoms. The molecular weight excluding hydrogens is 352 g/mol. The quantitative estimate of drug-likeness (QED) is 0.319. The van der Waals surface area contributed by atoms with E-state index in [0.717, 1.165) is 71.5 Å². The molecule has 28 heavy (non-hydrogen) atoms. The maximum atomic E-state index is 5.65. The summed E-state index contributed by atoms with van der Waals surface area (Å²) < 4.78 is 11.2. The van der Waals surface area contributed by atoms with E-state index in [9.17, 15) is 0 Å². The highest BCUT2D eigenvalue weighted by atomic mass is 16.5. The average Bonchev–Trinajstić information content (AvgIpc) is 3.16. The number of rotatable bonds is 11. The van der Waals surface area contributed by atoms with Crippen molar-refractivity contribution in [1.82, 2.24) is 15.5 Å². The van der Waals surface area contributed by atoms with Crippen molar-refractivity contribution in [1.29, 1.82) is 0 Å². The van der Waals surface area contributed by atoms with Crippen LogP contribution in [0.15, 0.2) is 4.99 Å². The first-order valence-electron chi connectivity index (χ1n) is 11.5. The van der Waals surface area contributed by atoms with E-state index in [2.05, 4.69) is 43.2 Å². The Labute approximate surface area is 172 Å². The van der Waals surface area contributed by atoms with Gasteiger partial charge in [0.1, 0.15) is 0 Å². The van der Waals surface area contributed by atoms with Crippen LogP contribution < -0.4 is 10.6 Å². The fraction of sp³-hybridized carbons (Fsp3) is 0.955. The standard InChI is InChI=1S/C22H44N4O2/c1-5-23-21(24-17-20(19(3)4)26-12-15-28-16-13-26)25-18-22(9-7-8-10-22)11-14-27-6-2/h19-20H,5-18H2,1-4H3,(H2,23,24,25). The lowest BCUT2D eigenvalue weighted by Crippen LogP contribution is -2.52. The minimum absolute atomic E-state index is 0.333. The molecule has 2 N–H and O–H groups in total. The van der Waals surface area contributed by atoms with E-state index in [1.54, 1.807) is 0 Å². The molecule has 0 bridgehead atoms. The van der Waals surface area contributed by atoms with Crippen molar-refractivity contribution in [3.05, 3.63) is 0 Å². The summed E-state index contributed by atoms with van der Waals surface area (Å²) in [6, 6.07) is 0.506. The molecule has 0 aromatic carbocycles. The highest BCUT2D eigenvalue weighted by Crippen LogP contribution is 2.41. The Morgan fingerprint density at radius 1 is 1.14 bits per heavy atom. The number of ether oxygens (including phenoxy) is 2. The molecule has 164 valence electrons. The lowest BCUT2D eigenvalue weighted by molar-refractivity contribution is 0.00751. The van der Waals surface area contributed by atoms with Gasteiger partial charge in [-0.15, -0.1) is 0 Å². The molecule has 0 amide bonds. The first kappa shape index (κ1) is 23.4. The third-order valence-electron chi connectivity index (χ3n) is 6.32. The number of nitrogens with zero attached hydrogens (tertiary/aromatic N) is 2. The molecule has 6 heteroatoms. The van der Waals surface area contributed by atoms with Crippen molar-refractivity contribution in [2.24, 2.45) is 16.3 Å². The second kappa shape index (κ2) is 12.7. The Hall–Kier alpha value is -0.850. The Morgan fingerprint density at radius 2 is 1.86 bits per heavy atom. The SMILES string of the molecule is CCNC(=NCC1(CCOCC)CCCC1)NCC(C(C)C)N1CCOCC1. The van der Waals surface area contributed by atoms with Gasteiger partial charge in [0.05, 0.1) is 13.2 Å². The summed E-state index contributed by atoms with van der Waals surface area (Å²) in [5, 5.41) is 7.09. The van der Waals surface area contributed by atoms with E-state index in [0.29, 0.717) is 17.4 Å². The Balaban J connectivity index is 1.94. The van der Waals surface area contributed by atoms with Crippen LogP contribution >= 0.6 is 0 Å². The Bertz CT molecular complexity index is 444. The summed E-state index contributed by atoms with van der Waals surface area (Å²) >= 11 is 0. The minimum atomic E-state index is 0.333. The van der Waals surface area contributed by atoms with Crippen LogP contribution in [0.25, 0.3) is 0 Å². The maximum absolute atomic E-state index is 5.65. The zero-order chi connectivity index (χ0) is 20.2. The molecule has 1 saturated carbocycles. The van der Waals surface area contributed by atoms with Gasteiger partial charge in [0, 0.05) is 52.0 Å². The second-order valence-corrected chi connectivity index (χ2v) is 8.69. The topological polar surface area (TPSA) is 58.1 Å². The third-order valence-corrected chi connectivity index (χ3v) is 6.32. The van der Waals surface area contributed by atoms with Gasteiger partial charge in [-0.2, -0.15) is 0 Å². The van der Waals surface area contributed by atoms with Gasteiger partial charge in [0.15, 0.2) is 5.96 Å². The monoisotopic (exact) mass is 396 g/mol. The van der Waals surface area contributed by atoms with Crippen LogP contribution in [0.5, 0.6) is 0 Å². The first-order chi connectivity index (χ1) is 13.6. The van der Waals surface area contributed by atoms with E-state index in [1.165, 1.54) is 25.7 Å². The summed E-state index contributed by atoms with van der Waals surface area (Å²) in [6.07, 6.45) is 6.36. The van der Waals surface area contributed by atoms with E-state index in [4.69, 9.17) is 14.5 Å². The van der Waals surface area contributed by atoms with Crippen molar-refractivity contribution in [3.8, 4) is 0 Å². The smallest absolute Gasteiger partial charge is 0.191 e. The molecule has 2 fully saturated rings. The molecule has 1 saturated heterocycles. The van der Waals surface area contributed by atoms with Gasteiger partial charge < -0.3 is 20.1 Å². The molecule has 0 aromatic heterocycles. The summed E-state index contributed by atoms with van der Waals surface area (Å²) in [5.41, 5.74) is 0.333. The molecule has 6 nitrogen and oxygen atoms in total. The molecule has 0 aromatic rings. The van der Waals surface area contributed by atoms with Crippen LogP contribution in [0.4, 0.5) is 0 Å². The van der Waals surface area contributed by atoms with Gasteiger partial charge in [0.25, 0.3) is 0 Å². The van der Waals surface area contributed by atoms with Gasteiger partial charge in [-0.25, -0.2) is 0 Å². The van der Waals surface area contributed by atoms with Crippen molar-refractivity contribution >= 4 is 5.96 Å². The van der Waals surface area contributed by atoms with Gasteiger partial charge in [0.2, 0.25) is 0 Å². The van der Waals surface area contributed by atoms with E-state index >= 15 is 0 Å². The lowest BCUT2D eigenvalue weighted by atomic mass is 9.83. The zero-order valence-electron chi connectivity index (χ0n) is 18.8. The van der Waals surface area contributed by atoms with Crippen LogP contribution in [-0.2, 0) is 9.47 Å². The highest BCUT2D eigenvalue weighted by molar-refractivity contribution is 5.79. The number of hydrogen-bond donors (Lipinski definition) is 2. The average molecular weight is 397 g/mol. The summed E-state index contributed by atoms with van der Waals surface area (Å²) in [7, 11) is 0. The van der Waals surface area contributed by atoms with Crippen LogP contribution in [-0.4, -0.2) is 76.1 Å². The van der Waals surface area contributed by atoms with Crippen LogP contribution in [0.1, 0.15) is 59.8 Å². The molecule has 1 aliphatic heterocycles. The number of hydrogen-bond acceptors (Lipinski definition) is 4. The third kappa shape index (κ3) is 7.53. The maximum Gasteiger partial charge on any atom is 0.191 e. The Morgan fingerprint density at radius 3 is 2.46 bits per heavy atom. The molecule has 2 rings (SSSR count). The van der Waals surface area contributed by atoms with Crippen molar-refractivity contribution in [3.63, 3.8) is 0 Å². The summed E-state index contributed by atoms with van der Waals surface area (Å²) in [5.74, 6) is 1.56. The fourth-order valence-electron chi connectivity index (χ4n) is 4.53. The molecule has 1 unspecified atom stereocenters. The molecule has 1 atom stereocenters. The number of nitrogens with one attached hydrogen (secondary N) is 2. The van der Waals surface area contributed by atoms with Crippen molar-refractivity contribution < 1.29 is 9.47 Å². The number of guanidine groups is 1. The first-order valence-corrected chi connectivity index (χ1v) is 11.5. The predicted molar refractivity (Wildman–Crippen MR) is 117 cm³/mol. The molecule has 2 aliphatic rings. The fourth-order valence-corrected chi connectivity index (χ4v) is 4.53. The lowest BCUT2D eigenvalue weighted by Gasteiger charge is -2.37.